The fraction of sp³-hybridized carbons (Fsp3) is 0.167. The molecular weight excluding hydrogens is 268 g/mol. The summed E-state index contributed by atoms with van der Waals surface area (Å²) >= 11 is 5.91. The number of hydrogen-bond donors (Lipinski definition) is 3. The molecule has 0 aliphatic heterocycles. The smallest absolute Gasteiger partial charge is 0.303 e. The van der Waals surface area contributed by atoms with Crippen molar-refractivity contribution in [2.45, 2.75) is 12.8 Å². The number of nitrogen functional groups attached to an aromatic ring is 2. The second-order valence-electron chi connectivity index (χ2n) is 4.03. The van der Waals surface area contributed by atoms with E-state index < -0.39 is 5.97 Å². The standard InChI is InChI=1S/C12H13ClN4O2/c13-7-2-1-3-8(6-7)17-12(15)9(11(14)16-17)4-5-10(18)19/h1-3,6H,4-5,15H2,(H2,14,16)(H,18,19). The fourth-order valence-corrected chi connectivity index (χ4v) is 1.96. The van der Waals surface area contributed by atoms with E-state index in [1.165, 1.54) is 4.68 Å². The Bertz CT molecular complexity index is 624. The van der Waals surface area contributed by atoms with Gasteiger partial charge < -0.3 is 16.6 Å². The highest BCUT2D eigenvalue weighted by Crippen LogP contribution is 2.25. The van der Waals surface area contributed by atoms with Gasteiger partial charge in [0.15, 0.2) is 5.82 Å². The average molecular weight is 281 g/mol. The predicted octanol–water partition coefficient (Wildman–Crippen LogP) is 1.71. The minimum Gasteiger partial charge on any atom is -0.481 e. The highest BCUT2D eigenvalue weighted by atomic mass is 35.5. The van der Waals surface area contributed by atoms with Gasteiger partial charge >= 0.3 is 5.97 Å². The van der Waals surface area contributed by atoms with Crippen LogP contribution in [0.4, 0.5) is 11.6 Å². The number of aliphatic carboxylic acids is 1. The summed E-state index contributed by atoms with van der Waals surface area (Å²) in [5.41, 5.74) is 12.9. The van der Waals surface area contributed by atoms with E-state index in [2.05, 4.69) is 5.10 Å². The number of aromatic nitrogens is 2. The maximum Gasteiger partial charge on any atom is 0.303 e. The normalized spacial score (nSPS) is 10.6. The van der Waals surface area contributed by atoms with E-state index in [0.717, 1.165) is 0 Å². The van der Waals surface area contributed by atoms with Crippen molar-refractivity contribution in [2.75, 3.05) is 11.5 Å². The molecule has 0 amide bonds. The first-order chi connectivity index (χ1) is 8.99. The van der Waals surface area contributed by atoms with Gasteiger partial charge in [0.1, 0.15) is 5.82 Å². The number of hydrogen-bond acceptors (Lipinski definition) is 4. The number of benzene rings is 1. The molecule has 100 valence electrons. The summed E-state index contributed by atoms with van der Waals surface area (Å²) in [7, 11) is 0. The Kier molecular flexibility index (Phi) is 3.62. The number of anilines is 2. The van der Waals surface area contributed by atoms with Crippen molar-refractivity contribution in [3.8, 4) is 5.69 Å². The molecule has 0 unspecified atom stereocenters. The summed E-state index contributed by atoms with van der Waals surface area (Å²) in [6, 6.07) is 6.99. The Balaban J connectivity index is 2.38. The third-order valence-electron chi connectivity index (χ3n) is 2.70. The SMILES string of the molecule is Nc1nn(-c2cccc(Cl)c2)c(N)c1CCC(=O)O. The Morgan fingerprint density at radius 3 is 2.79 bits per heavy atom. The molecule has 5 N–H and O–H groups in total. The van der Waals surface area contributed by atoms with Gasteiger partial charge in [-0.3, -0.25) is 4.79 Å². The number of carbonyl (C=O) groups is 1. The van der Waals surface area contributed by atoms with Gasteiger partial charge in [0.05, 0.1) is 5.69 Å². The van der Waals surface area contributed by atoms with Crippen LogP contribution in [0.25, 0.3) is 5.69 Å². The largest absolute Gasteiger partial charge is 0.481 e. The summed E-state index contributed by atoms with van der Waals surface area (Å²) in [5, 5.41) is 13.4. The lowest BCUT2D eigenvalue weighted by atomic mass is 10.1. The predicted molar refractivity (Wildman–Crippen MR) is 73.4 cm³/mol. The van der Waals surface area contributed by atoms with Gasteiger partial charge in [-0.1, -0.05) is 17.7 Å². The first kappa shape index (κ1) is 13.2. The van der Waals surface area contributed by atoms with Gasteiger partial charge in [-0.15, -0.1) is 5.10 Å². The second-order valence-corrected chi connectivity index (χ2v) is 4.47. The van der Waals surface area contributed by atoms with Gasteiger partial charge in [0, 0.05) is 17.0 Å². The van der Waals surface area contributed by atoms with Crippen molar-refractivity contribution in [3.63, 3.8) is 0 Å². The van der Waals surface area contributed by atoms with Gasteiger partial charge in [-0.2, -0.15) is 0 Å². The maximum atomic E-state index is 10.6. The summed E-state index contributed by atoms with van der Waals surface area (Å²) in [6.45, 7) is 0. The highest BCUT2D eigenvalue weighted by Gasteiger charge is 2.15. The van der Waals surface area contributed by atoms with Crippen molar-refractivity contribution in [1.29, 1.82) is 0 Å². The first-order valence-electron chi connectivity index (χ1n) is 5.59. The number of nitrogens with two attached hydrogens (primary N) is 2. The van der Waals surface area contributed by atoms with Crippen LogP contribution >= 0.6 is 11.6 Å². The lowest BCUT2D eigenvalue weighted by Gasteiger charge is -2.04. The van der Waals surface area contributed by atoms with Gasteiger partial charge in [0.25, 0.3) is 0 Å². The number of carboxylic acids is 1. The summed E-state index contributed by atoms with van der Waals surface area (Å²) in [4.78, 5) is 10.6. The minimum atomic E-state index is -0.908. The zero-order chi connectivity index (χ0) is 14.0. The third kappa shape index (κ3) is 2.79. The molecule has 6 nitrogen and oxygen atoms in total. The molecule has 1 aromatic carbocycles. The molecule has 0 fully saturated rings. The lowest BCUT2D eigenvalue weighted by molar-refractivity contribution is -0.136. The van der Waals surface area contributed by atoms with Gasteiger partial charge in [-0.05, 0) is 24.6 Å². The molecule has 19 heavy (non-hydrogen) atoms. The van der Waals surface area contributed by atoms with E-state index in [1.54, 1.807) is 24.3 Å². The molecule has 0 spiro atoms. The highest BCUT2D eigenvalue weighted by molar-refractivity contribution is 6.30. The number of nitrogens with zero attached hydrogens (tertiary/aromatic N) is 2. The fourth-order valence-electron chi connectivity index (χ4n) is 1.77. The molecule has 0 aliphatic rings. The van der Waals surface area contributed by atoms with Crippen LogP contribution in [0.1, 0.15) is 12.0 Å². The second kappa shape index (κ2) is 5.19. The zero-order valence-corrected chi connectivity index (χ0v) is 10.8. The zero-order valence-electron chi connectivity index (χ0n) is 10.0. The number of halogens is 1. The molecule has 0 bridgehead atoms. The molecule has 0 saturated carbocycles. The number of rotatable bonds is 4. The van der Waals surface area contributed by atoms with E-state index in [4.69, 9.17) is 28.2 Å². The van der Waals surface area contributed by atoms with Crippen molar-refractivity contribution < 1.29 is 9.90 Å². The quantitative estimate of drug-likeness (QED) is 0.790. The Labute approximate surface area is 114 Å². The maximum absolute atomic E-state index is 10.6. The molecule has 2 aromatic rings. The Morgan fingerprint density at radius 1 is 1.42 bits per heavy atom. The molecule has 1 heterocycles. The van der Waals surface area contributed by atoms with Crippen molar-refractivity contribution in [1.82, 2.24) is 9.78 Å². The van der Waals surface area contributed by atoms with Crippen molar-refractivity contribution in [2.24, 2.45) is 0 Å². The molecule has 0 aliphatic carbocycles. The van der Waals surface area contributed by atoms with Crippen LogP contribution in [0.15, 0.2) is 24.3 Å². The summed E-state index contributed by atoms with van der Waals surface area (Å²) in [5.74, 6) is -0.339. The first-order valence-corrected chi connectivity index (χ1v) is 5.97. The molecule has 7 heteroatoms. The van der Waals surface area contributed by atoms with Crippen LogP contribution in [-0.4, -0.2) is 20.9 Å². The summed E-state index contributed by atoms with van der Waals surface area (Å²) in [6.07, 6.45) is 0.198. The van der Waals surface area contributed by atoms with Gasteiger partial charge in [0.2, 0.25) is 0 Å². The van der Waals surface area contributed by atoms with Crippen LogP contribution < -0.4 is 11.5 Å². The Morgan fingerprint density at radius 2 is 2.16 bits per heavy atom. The average Bonchev–Trinajstić information content (AvgIpc) is 2.62. The molecule has 0 radical (unpaired) electrons. The third-order valence-corrected chi connectivity index (χ3v) is 2.93. The summed E-state index contributed by atoms with van der Waals surface area (Å²) < 4.78 is 1.46. The van der Waals surface area contributed by atoms with Crippen LogP contribution in [0.2, 0.25) is 5.02 Å². The van der Waals surface area contributed by atoms with Crippen LogP contribution in [0.3, 0.4) is 0 Å². The van der Waals surface area contributed by atoms with E-state index in [1.807, 2.05) is 0 Å². The molecule has 0 atom stereocenters. The van der Waals surface area contributed by atoms with E-state index in [-0.39, 0.29) is 18.7 Å². The van der Waals surface area contributed by atoms with Crippen molar-refractivity contribution >= 4 is 29.2 Å². The molecule has 0 saturated heterocycles. The van der Waals surface area contributed by atoms with Gasteiger partial charge in [-0.25, -0.2) is 4.68 Å². The van der Waals surface area contributed by atoms with Crippen molar-refractivity contribution in [3.05, 3.63) is 34.9 Å². The molecular formula is C12H13ClN4O2. The monoisotopic (exact) mass is 280 g/mol. The van der Waals surface area contributed by atoms with E-state index in [9.17, 15) is 4.79 Å². The topological polar surface area (TPSA) is 107 Å². The van der Waals surface area contributed by atoms with E-state index in [0.29, 0.717) is 22.1 Å². The van der Waals surface area contributed by atoms with E-state index >= 15 is 0 Å². The van der Waals surface area contributed by atoms with Crippen LogP contribution in [0.5, 0.6) is 0 Å². The lowest BCUT2D eigenvalue weighted by Crippen LogP contribution is -2.04. The van der Waals surface area contributed by atoms with Crippen LogP contribution in [0, 0.1) is 0 Å². The minimum absolute atomic E-state index is 0.0460. The Hall–Kier alpha value is -2.21. The molecule has 2 rings (SSSR count). The molecule has 1 aromatic heterocycles. The number of carboxylic acid groups (broad SMARTS) is 1. The van der Waals surface area contributed by atoms with Crippen LogP contribution in [-0.2, 0) is 11.2 Å².